The Bertz CT molecular complexity index is 249. The van der Waals surface area contributed by atoms with Gasteiger partial charge < -0.3 is 16.6 Å². The Morgan fingerprint density at radius 2 is 2.13 bits per heavy atom. The molecule has 0 aromatic carbocycles. The van der Waals surface area contributed by atoms with Crippen LogP contribution in [0.4, 0.5) is 0 Å². The third kappa shape index (κ3) is 4.78. The Morgan fingerprint density at radius 3 is 2.67 bits per heavy atom. The Morgan fingerprint density at radius 1 is 1.47 bits per heavy atom. The molecule has 0 aliphatic heterocycles. The van der Waals surface area contributed by atoms with Crippen molar-refractivity contribution in [3.8, 4) is 0 Å². The number of rotatable bonds is 7. The van der Waals surface area contributed by atoms with E-state index in [1.807, 2.05) is 0 Å². The maximum Gasteiger partial charge on any atom is 0.320 e. The van der Waals surface area contributed by atoms with Crippen molar-refractivity contribution in [1.82, 2.24) is 0 Å². The molecule has 5 heteroatoms. The van der Waals surface area contributed by atoms with Gasteiger partial charge in [-0.15, -0.1) is 0 Å². The van der Waals surface area contributed by atoms with Crippen LogP contribution in [0.5, 0.6) is 0 Å². The van der Waals surface area contributed by atoms with Gasteiger partial charge in [0.15, 0.2) is 0 Å². The van der Waals surface area contributed by atoms with E-state index < -0.39 is 12.0 Å². The molecule has 1 aliphatic rings. The highest BCUT2D eigenvalue weighted by Gasteiger charge is 2.24. The minimum atomic E-state index is -0.934. The molecule has 86 valence electrons. The highest BCUT2D eigenvalue weighted by Crippen LogP contribution is 2.28. The van der Waals surface area contributed by atoms with Crippen LogP contribution in [0.25, 0.3) is 0 Å². The first kappa shape index (κ1) is 12.0. The fourth-order valence-corrected chi connectivity index (χ4v) is 1.32. The summed E-state index contributed by atoms with van der Waals surface area (Å²) in [5.41, 5.74) is 11.1. The second kappa shape index (κ2) is 5.70. The van der Waals surface area contributed by atoms with Crippen molar-refractivity contribution in [2.24, 2.45) is 22.4 Å². The molecule has 5 N–H and O–H groups in total. The minimum absolute atomic E-state index is 0.508. The third-order valence-corrected chi connectivity index (χ3v) is 2.53. The Hall–Kier alpha value is -1.10. The first-order chi connectivity index (χ1) is 7.11. The van der Waals surface area contributed by atoms with Crippen LogP contribution in [0.1, 0.15) is 32.1 Å². The van der Waals surface area contributed by atoms with Crippen LogP contribution >= 0.6 is 0 Å². The SMILES string of the molecule is NC(=NCCCC[C@H](N)C(=O)O)C1CC1. The van der Waals surface area contributed by atoms with E-state index in [0.717, 1.165) is 18.7 Å². The van der Waals surface area contributed by atoms with Crippen LogP contribution < -0.4 is 11.5 Å². The second-order valence-electron chi connectivity index (χ2n) is 4.02. The van der Waals surface area contributed by atoms with Gasteiger partial charge in [0.05, 0.1) is 5.84 Å². The van der Waals surface area contributed by atoms with E-state index in [2.05, 4.69) is 4.99 Å². The Balaban J connectivity index is 2.01. The number of aliphatic carboxylic acids is 1. The zero-order valence-electron chi connectivity index (χ0n) is 8.85. The van der Waals surface area contributed by atoms with Gasteiger partial charge in [-0.25, -0.2) is 0 Å². The summed E-state index contributed by atoms with van der Waals surface area (Å²) in [6, 6.07) is -0.741. The largest absolute Gasteiger partial charge is 0.480 e. The van der Waals surface area contributed by atoms with Gasteiger partial charge in [0, 0.05) is 12.5 Å². The lowest BCUT2D eigenvalue weighted by molar-refractivity contribution is -0.138. The highest BCUT2D eigenvalue weighted by molar-refractivity contribution is 5.84. The van der Waals surface area contributed by atoms with E-state index in [9.17, 15) is 4.79 Å². The molecule has 0 aromatic rings. The van der Waals surface area contributed by atoms with E-state index in [4.69, 9.17) is 16.6 Å². The lowest BCUT2D eigenvalue weighted by Crippen LogP contribution is -2.29. The zero-order valence-corrected chi connectivity index (χ0v) is 8.85. The molecule has 1 saturated carbocycles. The summed E-state index contributed by atoms with van der Waals surface area (Å²) in [4.78, 5) is 14.6. The predicted octanol–water partition coefficient (Wildman–Crippen LogP) is 0.336. The number of hydrogen-bond acceptors (Lipinski definition) is 3. The monoisotopic (exact) mass is 213 g/mol. The Kier molecular flexibility index (Phi) is 4.55. The third-order valence-electron chi connectivity index (χ3n) is 2.53. The molecule has 0 radical (unpaired) electrons. The molecule has 0 bridgehead atoms. The molecule has 0 aromatic heterocycles. The van der Waals surface area contributed by atoms with Crippen LogP contribution in [0, 0.1) is 5.92 Å². The van der Waals surface area contributed by atoms with Crippen LogP contribution in [0.2, 0.25) is 0 Å². The van der Waals surface area contributed by atoms with Gasteiger partial charge in [-0.2, -0.15) is 0 Å². The zero-order chi connectivity index (χ0) is 11.3. The van der Waals surface area contributed by atoms with E-state index in [-0.39, 0.29) is 0 Å². The van der Waals surface area contributed by atoms with E-state index >= 15 is 0 Å². The van der Waals surface area contributed by atoms with Crippen LogP contribution in [-0.4, -0.2) is 29.5 Å². The van der Waals surface area contributed by atoms with E-state index in [0.29, 0.717) is 18.9 Å². The van der Waals surface area contributed by atoms with Gasteiger partial charge in [-0.3, -0.25) is 9.79 Å². The lowest BCUT2D eigenvalue weighted by atomic mass is 10.1. The van der Waals surface area contributed by atoms with Crippen molar-refractivity contribution in [3.05, 3.63) is 0 Å². The van der Waals surface area contributed by atoms with Crippen molar-refractivity contribution in [1.29, 1.82) is 0 Å². The van der Waals surface area contributed by atoms with Crippen molar-refractivity contribution in [2.75, 3.05) is 6.54 Å². The van der Waals surface area contributed by atoms with Crippen molar-refractivity contribution < 1.29 is 9.90 Å². The molecule has 0 spiro atoms. The number of hydrogen-bond donors (Lipinski definition) is 3. The number of carboxylic acids is 1. The summed E-state index contributed by atoms with van der Waals surface area (Å²) >= 11 is 0. The smallest absolute Gasteiger partial charge is 0.320 e. The summed E-state index contributed by atoms with van der Waals surface area (Å²) in [6.07, 6.45) is 4.48. The number of aliphatic imine (C=N–C) groups is 1. The minimum Gasteiger partial charge on any atom is -0.480 e. The standard InChI is InChI=1S/C10H19N3O2/c11-8(10(14)15)3-1-2-6-13-9(12)7-4-5-7/h7-8H,1-6,11H2,(H2,12,13)(H,14,15)/t8-/m0/s1. The van der Waals surface area contributed by atoms with Crippen LogP contribution in [0.3, 0.4) is 0 Å². The number of carbonyl (C=O) groups is 1. The molecule has 0 unspecified atom stereocenters. The normalized spacial score (nSPS) is 18.9. The maximum atomic E-state index is 10.4. The lowest BCUT2D eigenvalue weighted by Gasteiger charge is -2.04. The number of nitrogens with two attached hydrogens (primary N) is 2. The molecule has 5 nitrogen and oxygen atoms in total. The summed E-state index contributed by atoms with van der Waals surface area (Å²) in [7, 11) is 0. The molecule has 0 amide bonds. The molecular formula is C10H19N3O2. The van der Waals surface area contributed by atoms with E-state index in [1.165, 1.54) is 12.8 Å². The predicted molar refractivity (Wildman–Crippen MR) is 58.7 cm³/mol. The number of nitrogens with zero attached hydrogens (tertiary/aromatic N) is 1. The average molecular weight is 213 g/mol. The van der Waals surface area contributed by atoms with Gasteiger partial charge in [-0.1, -0.05) is 0 Å². The molecule has 0 heterocycles. The quantitative estimate of drug-likeness (QED) is 0.322. The topological polar surface area (TPSA) is 102 Å². The van der Waals surface area contributed by atoms with Gasteiger partial charge >= 0.3 is 5.97 Å². The summed E-state index contributed by atoms with van der Waals surface area (Å²) in [5, 5.41) is 8.54. The summed E-state index contributed by atoms with van der Waals surface area (Å²) < 4.78 is 0. The van der Waals surface area contributed by atoms with Crippen LogP contribution in [-0.2, 0) is 4.79 Å². The molecule has 15 heavy (non-hydrogen) atoms. The second-order valence-corrected chi connectivity index (χ2v) is 4.02. The average Bonchev–Trinajstić information content (AvgIpc) is 2.99. The Labute approximate surface area is 89.5 Å². The van der Waals surface area contributed by atoms with Gasteiger partial charge in [0.1, 0.15) is 6.04 Å². The molecular weight excluding hydrogens is 194 g/mol. The molecule has 1 aliphatic carbocycles. The molecule has 0 saturated heterocycles. The van der Waals surface area contributed by atoms with Gasteiger partial charge in [-0.05, 0) is 32.1 Å². The highest BCUT2D eigenvalue weighted by atomic mass is 16.4. The molecule has 1 fully saturated rings. The molecule has 1 rings (SSSR count). The van der Waals surface area contributed by atoms with E-state index in [1.54, 1.807) is 0 Å². The fourth-order valence-electron chi connectivity index (χ4n) is 1.32. The maximum absolute atomic E-state index is 10.4. The first-order valence-corrected chi connectivity index (χ1v) is 5.39. The number of unbranched alkanes of at least 4 members (excludes halogenated alkanes) is 1. The first-order valence-electron chi connectivity index (χ1n) is 5.39. The van der Waals surface area contributed by atoms with Crippen molar-refractivity contribution in [3.63, 3.8) is 0 Å². The van der Waals surface area contributed by atoms with Gasteiger partial charge in [0.25, 0.3) is 0 Å². The molecule has 1 atom stereocenters. The summed E-state index contributed by atoms with van der Waals surface area (Å²) in [6.45, 7) is 0.689. The summed E-state index contributed by atoms with van der Waals surface area (Å²) in [5.74, 6) is 0.347. The number of carboxylic acid groups (broad SMARTS) is 1. The van der Waals surface area contributed by atoms with Gasteiger partial charge in [0.2, 0.25) is 0 Å². The van der Waals surface area contributed by atoms with Crippen LogP contribution in [0.15, 0.2) is 4.99 Å². The number of amidine groups is 1. The van der Waals surface area contributed by atoms with Crippen molar-refractivity contribution in [2.45, 2.75) is 38.1 Å². The van der Waals surface area contributed by atoms with Crippen molar-refractivity contribution >= 4 is 11.8 Å². The fraction of sp³-hybridized carbons (Fsp3) is 0.800.